The average Bonchev–Trinajstić information content (AvgIpc) is 3.15. The molecule has 3 rings (SSSR count). The molecule has 1 amide bonds. The number of nitrogens with one attached hydrogen (secondary N) is 2. The van der Waals surface area contributed by atoms with E-state index in [1.165, 1.54) is 0 Å². The Labute approximate surface area is 148 Å². The molecule has 4 nitrogen and oxygen atoms in total. The third kappa shape index (κ3) is 4.17. The minimum absolute atomic E-state index is 0.00700. The zero-order valence-corrected chi connectivity index (χ0v) is 14.5. The molecule has 0 radical (unpaired) electrons. The van der Waals surface area contributed by atoms with E-state index in [-0.39, 0.29) is 11.9 Å². The standard InChI is InChI=1S/C21H22N2O2/c1-16(23(2)15-18-11-8-14-25-18)21(24)22-20-13-7-6-12-19(20)17-9-4-3-5-10-17/h3-14,16H,15H2,1-2H3,(H,22,24)/p+1/t16-/m0/s1. The number of anilines is 1. The third-order valence-corrected chi connectivity index (χ3v) is 4.44. The SMILES string of the molecule is C[C@@H](C(=O)Nc1ccccc1-c1ccccc1)[NH+](C)Cc1ccco1. The lowest BCUT2D eigenvalue weighted by Gasteiger charge is -2.21. The molecular formula is C21H23N2O2+. The van der Waals surface area contributed by atoms with Gasteiger partial charge in [-0.2, -0.15) is 0 Å². The third-order valence-electron chi connectivity index (χ3n) is 4.44. The first-order valence-corrected chi connectivity index (χ1v) is 8.45. The molecular weight excluding hydrogens is 312 g/mol. The van der Waals surface area contributed by atoms with Crippen LogP contribution in [-0.4, -0.2) is 19.0 Å². The van der Waals surface area contributed by atoms with Crippen LogP contribution in [0.15, 0.2) is 77.4 Å². The van der Waals surface area contributed by atoms with E-state index in [0.29, 0.717) is 6.54 Å². The zero-order valence-electron chi connectivity index (χ0n) is 14.5. The number of carbonyl (C=O) groups is 1. The molecule has 2 N–H and O–H groups in total. The van der Waals surface area contributed by atoms with Crippen molar-refractivity contribution in [3.05, 3.63) is 78.8 Å². The highest BCUT2D eigenvalue weighted by molar-refractivity contribution is 5.97. The Morgan fingerprint density at radius 3 is 2.48 bits per heavy atom. The smallest absolute Gasteiger partial charge is 0.282 e. The molecule has 0 saturated heterocycles. The Morgan fingerprint density at radius 2 is 1.76 bits per heavy atom. The quantitative estimate of drug-likeness (QED) is 0.727. The molecule has 0 aliphatic rings. The summed E-state index contributed by atoms with van der Waals surface area (Å²) in [5, 5.41) is 3.08. The lowest BCUT2D eigenvalue weighted by Crippen LogP contribution is -3.12. The maximum atomic E-state index is 12.7. The number of furan rings is 1. The van der Waals surface area contributed by atoms with Gasteiger partial charge >= 0.3 is 0 Å². The van der Waals surface area contributed by atoms with Gasteiger partial charge in [0.05, 0.1) is 13.3 Å². The average molecular weight is 335 g/mol. The highest BCUT2D eigenvalue weighted by atomic mass is 16.3. The number of benzene rings is 2. The lowest BCUT2D eigenvalue weighted by molar-refractivity contribution is -0.908. The molecule has 0 aliphatic carbocycles. The Kier molecular flexibility index (Phi) is 5.31. The Bertz CT molecular complexity index is 813. The van der Waals surface area contributed by atoms with E-state index < -0.39 is 0 Å². The minimum atomic E-state index is -0.200. The highest BCUT2D eigenvalue weighted by Gasteiger charge is 2.23. The van der Waals surface area contributed by atoms with Crippen LogP contribution >= 0.6 is 0 Å². The van der Waals surface area contributed by atoms with Crippen molar-refractivity contribution in [2.45, 2.75) is 19.5 Å². The van der Waals surface area contributed by atoms with Crippen molar-refractivity contribution in [3.63, 3.8) is 0 Å². The Balaban J connectivity index is 1.73. The molecule has 0 saturated carbocycles. The number of hydrogen-bond acceptors (Lipinski definition) is 2. The molecule has 128 valence electrons. The van der Waals surface area contributed by atoms with Crippen molar-refractivity contribution >= 4 is 11.6 Å². The molecule has 0 bridgehead atoms. The molecule has 3 aromatic rings. The van der Waals surface area contributed by atoms with Crippen LogP contribution in [0.2, 0.25) is 0 Å². The summed E-state index contributed by atoms with van der Waals surface area (Å²) in [5.74, 6) is 0.870. The van der Waals surface area contributed by atoms with Crippen LogP contribution in [0.1, 0.15) is 12.7 Å². The van der Waals surface area contributed by atoms with Gasteiger partial charge < -0.3 is 14.6 Å². The second kappa shape index (κ2) is 7.81. The second-order valence-corrected chi connectivity index (χ2v) is 6.23. The van der Waals surface area contributed by atoms with Gasteiger partial charge in [0.15, 0.2) is 11.8 Å². The summed E-state index contributed by atoms with van der Waals surface area (Å²) in [6.07, 6.45) is 1.66. The molecule has 0 aliphatic heterocycles. The van der Waals surface area contributed by atoms with E-state index >= 15 is 0 Å². The van der Waals surface area contributed by atoms with Crippen molar-refractivity contribution in [3.8, 4) is 11.1 Å². The largest absolute Gasteiger partial charge is 0.463 e. The summed E-state index contributed by atoms with van der Waals surface area (Å²) in [5.41, 5.74) is 2.94. The first-order valence-electron chi connectivity index (χ1n) is 8.45. The summed E-state index contributed by atoms with van der Waals surface area (Å²) in [6, 6.07) is 21.5. The molecule has 1 aromatic heterocycles. The van der Waals surface area contributed by atoms with Crippen LogP contribution in [0, 0.1) is 0 Å². The fourth-order valence-corrected chi connectivity index (χ4v) is 2.77. The predicted octanol–water partition coefficient (Wildman–Crippen LogP) is 2.99. The van der Waals surface area contributed by atoms with Crippen LogP contribution in [0.4, 0.5) is 5.69 Å². The van der Waals surface area contributed by atoms with Gasteiger partial charge in [0.2, 0.25) is 0 Å². The minimum Gasteiger partial charge on any atom is -0.463 e. The monoisotopic (exact) mass is 335 g/mol. The van der Waals surface area contributed by atoms with Gasteiger partial charge in [-0.05, 0) is 30.7 Å². The van der Waals surface area contributed by atoms with Crippen molar-refractivity contribution in [2.75, 3.05) is 12.4 Å². The second-order valence-electron chi connectivity index (χ2n) is 6.23. The zero-order chi connectivity index (χ0) is 17.6. The van der Waals surface area contributed by atoms with Crippen molar-refractivity contribution < 1.29 is 14.1 Å². The summed E-state index contributed by atoms with van der Waals surface area (Å²) in [6.45, 7) is 2.60. The lowest BCUT2D eigenvalue weighted by atomic mass is 10.0. The molecule has 25 heavy (non-hydrogen) atoms. The number of para-hydroxylation sites is 1. The number of quaternary nitrogens is 1. The van der Waals surface area contributed by atoms with Crippen LogP contribution in [0.5, 0.6) is 0 Å². The van der Waals surface area contributed by atoms with E-state index in [4.69, 9.17) is 4.42 Å². The number of amides is 1. The summed E-state index contributed by atoms with van der Waals surface area (Å²) in [7, 11) is 2.00. The highest BCUT2D eigenvalue weighted by Crippen LogP contribution is 2.27. The topological polar surface area (TPSA) is 46.7 Å². The fraction of sp³-hybridized carbons (Fsp3) is 0.190. The maximum absolute atomic E-state index is 12.7. The summed E-state index contributed by atoms with van der Waals surface area (Å²) in [4.78, 5) is 13.8. The summed E-state index contributed by atoms with van der Waals surface area (Å²) >= 11 is 0. The van der Waals surface area contributed by atoms with Crippen molar-refractivity contribution in [1.29, 1.82) is 0 Å². The maximum Gasteiger partial charge on any atom is 0.282 e. The van der Waals surface area contributed by atoms with Gasteiger partial charge in [0.25, 0.3) is 5.91 Å². The summed E-state index contributed by atoms with van der Waals surface area (Å²) < 4.78 is 5.38. The van der Waals surface area contributed by atoms with Gasteiger partial charge in [-0.1, -0.05) is 48.5 Å². The number of rotatable bonds is 6. The fourth-order valence-electron chi connectivity index (χ4n) is 2.77. The molecule has 2 atom stereocenters. The first-order chi connectivity index (χ1) is 12.1. The number of hydrogen-bond donors (Lipinski definition) is 2. The molecule has 4 heteroatoms. The van der Waals surface area contributed by atoms with E-state index in [0.717, 1.165) is 27.5 Å². The van der Waals surface area contributed by atoms with Crippen LogP contribution in [-0.2, 0) is 11.3 Å². The Hall–Kier alpha value is -2.85. The van der Waals surface area contributed by atoms with E-state index in [1.807, 2.05) is 80.7 Å². The van der Waals surface area contributed by atoms with Crippen molar-refractivity contribution in [1.82, 2.24) is 0 Å². The molecule has 0 spiro atoms. The Morgan fingerprint density at radius 1 is 1.04 bits per heavy atom. The number of likely N-dealkylation sites (N-methyl/N-ethyl adjacent to an activating group) is 1. The van der Waals surface area contributed by atoms with Crippen LogP contribution in [0.3, 0.4) is 0 Å². The van der Waals surface area contributed by atoms with E-state index in [9.17, 15) is 4.79 Å². The van der Waals surface area contributed by atoms with Gasteiger partial charge in [-0.15, -0.1) is 0 Å². The molecule has 2 aromatic carbocycles. The van der Waals surface area contributed by atoms with Gasteiger partial charge in [0.1, 0.15) is 6.54 Å². The molecule has 0 fully saturated rings. The van der Waals surface area contributed by atoms with Crippen LogP contribution < -0.4 is 10.2 Å². The van der Waals surface area contributed by atoms with E-state index in [2.05, 4.69) is 5.32 Å². The molecule has 1 heterocycles. The first kappa shape index (κ1) is 17.0. The predicted molar refractivity (Wildman–Crippen MR) is 99.3 cm³/mol. The van der Waals surface area contributed by atoms with E-state index in [1.54, 1.807) is 6.26 Å². The molecule has 1 unspecified atom stereocenters. The van der Waals surface area contributed by atoms with Crippen molar-refractivity contribution in [2.24, 2.45) is 0 Å². The van der Waals surface area contributed by atoms with Crippen LogP contribution in [0.25, 0.3) is 11.1 Å². The van der Waals surface area contributed by atoms with Gasteiger partial charge in [-0.25, -0.2) is 0 Å². The number of carbonyl (C=O) groups excluding carboxylic acids is 1. The normalized spacial score (nSPS) is 13.2. The van der Waals surface area contributed by atoms with Gasteiger partial charge in [0, 0.05) is 11.3 Å². The van der Waals surface area contributed by atoms with Gasteiger partial charge in [-0.3, -0.25) is 4.79 Å².